The molecule has 18 heavy (non-hydrogen) atoms. The number of benzene rings is 1. The predicted molar refractivity (Wildman–Crippen MR) is 67.4 cm³/mol. The molecule has 0 bridgehead atoms. The topological polar surface area (TPSA) is 49.6 Å². The van der Waals surface area contributed by atoms with E-state index in [0.717, 1.165) is 11.1 Å². The van der Waals surface area contributed by atoms with Gasteiger partial charge in [-0.2, -0.15) is 5.26 Å². The summed E-state index contributed by atoms with van der Waals surface area (Å²) in [6.45, 7) is 1.92. The number of hydrogen-bond acceptors (Lipinski definition) is 4. The molecule has 0 unspecified atom stereocenters. The fraction of sp³-hybridized carbons (Fsp3) is 0.154. The maximum Gasteiger partial charge on any atom is 0.187 e. The second-order valence-electron chi connectivity index (χ2n) is 3.79. The third-order valence-electron chi connectivity index (χ3n) is 2.21. The first-order valence-corrected chi connectivity index (χ1v) is 6.27. The molecule has 3 nitrogen and oxygen atoms in total. The van der Waals surface area contributed by atoms with Gasteiger partial charge in [-0.15, -0.1) is 0 Å². The van der Waals surface area contributed by atoms with Crippen molar-refractivity contribution in [1.82, 2.24) is 9.97 Å². The number of nitriles is 1. The lowest BCUT2D eigenvalue weighted by Crippen LogP contribution is -1.90. The van der Waals surface area contributed by atoms with Gasteiger partial charge in [-0.25, -0.2) is 14.4 Å². The molecular weight excluding hydrogens is 249 g/mol. The molecule has 1 aromatic heterocycles. The number of hydrogen-bond donors (Lipinski definition) is 0. The van der Waals surface area contributed by atoms with Crippen LogP contribution < -0.4 is 0 Å². The molecule has 2 rings (SSSR count). The Bertz CT molecular complexity index is 590. The lowest BCUT2D eigenvalue weighted by atomic mass is 10.1. The Morgan fingerprint density at radius 1 is 1.28 bits per heavy atom. The molecule has 0 saturated heterocycles. The zero-order chi connectivity index (χ0) is 13.0. The van der Waals surface area contributed by atoms with Crippen molar-refractivity contribution in [2.45, 2.75) is 17.8 Å². The molecule has 90 valence electrons. The lowest BCUT2D eigenvalue weighted by molar-refractivity contribution is 0.626. The van der Waals surface area contributed by atoms with Gasteiger partial charge in [-0.1, -0.05) is 11.8 Å². The first kappa shape index (κ1) is 12.5. The summed E-state index contributed by atoms with van der Waals surface area (Å²) >= 11 is 1.41. The highest BCUT2D eigenvalue weighted by atomic mass is 32.2. The van der Waals surface area contributed by atoms with E-state index in [0.29, 0.717) is 16.5 Å². The number of thioether (sulfide) groups is 1. The van der Waals surface area contributed by atoms with Gasteiger partial charge < -0.3 is 0 Å². The molecule has 0 saturated carbocycles. The van der Waals surface area contributed by atoms with Gasteiger partial charge in [0.2, 0.25) is 0 Å². The van der Waals surface area contributed by atoms with Gasteiger partial charge in [-0.05, 0) is 36.2 Å². The monoisotopic (exact) mass is 259 g/mol. The number of nitrogens with zero attached hydrogens (tertiary/aromatic N) is 3. The summed E-state index contributed by atoms with van der Waals surface area (Å²) in [5, 5.41) is 9.40. The number of halogens is 1. The molecule has 0 spiro atoms. The summed E-state index contributed by atoms with van der Waals surface area (Å²) in [4.78, 5) is 8.30. The van der Waals surface area contributed by atoms with Crippen LogP contribution in [0.25, 0.3) is 0 Å². The standard InChI is InChI=1S/C13H10FN3S/c1-9-6-16-13(17-7-9)18-8-11-2-10(5-15)3-12(14)4-11/h2-4,6-7H,8H2,1H3. The molecule has 0 aliphatic rings. The van der Waals surface area contributed by atoms with Crippen LogP contribution in [-0.2, 0) is 5.75 Å². The highest BCUT2D eigenvalue weighted by Crippen LogP contribution is 2.20. The van der Waals surface area contributed by atoms with Gasteiger partial charge >= 0.3 is 0 Å². The molecule has 1 heterocycles. The normalized spacial score (nSPS) is 10.1. The van der Waals surface area contributed by atoms with Crippen molar-refractivity contribution in [3.05, 3.63) is 53.1 Å². The molecule has 0 atom stereocenters. The molecular formula is C13H10FN3S. The highest BCUT2D eigenvalue weighted by Gasteiger charge is 2.03. The molecule has 0 aliphatic carbocycles. The summed E-state index contributed by atoms with van der Waals surface area (Å²) < 4.78 is 13.2. The van der Waals surface area contributed by atoms with Crippen molar-refractivity contribution in [3.63, 3.8) is 0 Å². The van der Waals surface area contributed by atoms with Crippen LogP contribution >= 0.6 is 11.8 Å². The average Bonchev–Trinajstić information content (AvgIpc) is 2.37. The van der Waals surface area contributed by atoms with Crippen LogP contribution in [0.3, 0.4) is 0 Å². The molecule has 2 aromatic rings. The Hall–Kier alpha value is -1.93. The molecule has 0 radical (unpaired) electrons. The maximum absolute atomic E-state index is 13.2. The number of aryl methyl sites for hydroxylation is 1. The Labute approximate surface area is 109 Å². The van der Waals surface area contributed by atoms with Crippen molar-refractivity contribution in [3.8, 4) is 6.07 Å². The van der Waals surface area contributed by atoms with Crippen LogP contribution in [0.2, 0.25) is 0 Å². The number of aromatic nitrogens is 2. The second-order valence-corrected chi connectivity index (χ2v) is 4.73. The van der Waals surface area contributed by atoms with E-state index in [1.54, 1.807) is 18.5 Å². The summed E-state index contributed by atoms with van der Waals surface area (Å²) in [6.07, 6.45) is 3.48. The average molecular weight is 259 g/mol. The van der Waals surface area contributed by atoms with Crippen molar-refractivity contribution in [1.29, 1.82) is 5.26 Å². The first-order valence-electron chi connectivity index (χ1n) is 5.28. The smallest absolute Gasteiger partial charge is 0.187 e. The summed E-state index contributed by atoms with van der Waals surface area (Å²) in [5.41, 5.74) is 2.08. The van der Waals surface area contributed by atoms with Gasteiger partial charge in [0, 0.05) is 18.1 Å². The van der Waals surface area contributed by atoms with E-state index in [1.165, 1.54) is 23.9 Å². The van der Waals surface area contributed by atoms with E-state index in [2.05, 4.69) is 9.97 Å². The van der Waals surface area contributed by atoms with E-state index < -0.39 is 5.82 Å². The van der Waals surface area contributed by atoms with E-state index in [9.17, 15) is 4.39 Å². The van der Waals surface area contributed by atoms with Crippen LogP contribution in [0, 0.1) is 24.1 Å². The van der Waals surface area contributed by atoms with Gasteiger partial charge in [0.25, 0.3) is 0 Å². The van der Waals surface area contributed by atoms with Crippen LogP contribution in [0.15, 0.2) is 35.7 Å². The second kappa shape index (κ2) is 5.61. The van der Waals surface area contributed by atoms with Crippen molar-refractivity contribution >= 4 is 11.8 Å². The Balaban J connectivity index is 2.08. The third kappa shape index (κ3) is 3.28. The minimum Gasteiger partial charge on any atom is -0.231 e. The van der Waals surface area contributed by atoms with Gasteiger partial charge in [-0.3, -0.25) is 0 Å². The highest BCUT2D eigenvalue weighted by molar-refractivity contribution is 7.98. The maximum atomic E-state index is 13.2. The zero-order valence-electron chi connectivity index (χ0n) is 9.72. The summed E-state index contributed by atoms with van der Waals surface area (Å²) in [7, 11) is 0. The molecule has 0 aliphatic heterocycles. The Morgan fingerprint density at radius 3 is 2.67 bits per heavy atom. The van der Waals surface area contributed by atoms with Crippen molar-refractivity contribution in [2.24, 2.45) is 0 Å². The quantitative estimate of drug-likeness (QED) is 0.628. The van der Waals surface area contributed by atoms with Crippen LogP contribution in [0.4, 0.5) is 4.39 Å². The van der Waals surface area contributed by atoms with Gasteiger partial charge in [0.15, 0.2) is 5.16 Å². The predicted octanol–water partition coefficient (Wildman–Crippen LogP) is 3.09. The van der Waals surface area contributed by atoms with Crippen LogP contribution in [-0.4, -0.2) is 9.97 Å². The molecule has 0 N–H and O–H groups in total. The lowest BCUT2D eigenvalue weighted by Gasteiger charge is -2.02. The SMILES string of the molecule is Cc1cnc(SCc2cc(F)cc(C#N)c2)nc1. The van der Waals surface area contributed by atoms with Crippen LogP contribution in [0.1, 0.15) is 16.7 Å². The van der Waals surface area contributed by atoms with E-state index in [-0.39, 0.29) is 0 Å². The Kier molecular flexibility index (Phi) is 3.90. The molecule has 5 heteroatoms. The third-order valence-corrected chi connectivity index (χ3v) is 3.16. The molecule has 1 aromatic carbocycles. The summed E-state index contributed by atoms with van der Waals surface area (Å²) in [6, 6.07) is 6.24. The first-order chi connectivity index (χ1) is 8.67. The zero-order valence-corrected chi connectivity index (χ0v) is 10.5. The van der Waals surface area contributed by atoms with Crippen molar-refractivity contribution < 1.29 is 4.39 Å². The summed E-state index contributed by atoms with van der Waals surface area (Å²) in [5.74, 6) is 0.143. The Morgan fingerprint density at radius 2 is 2.00 bits per heavy atom. The van der Waals surface area contributed by atoms with E-state index in [1.807, 2.05) is 13.0 Å². The van der Waals surface area contributed by atoms with E-state index in [4.69, 9.17) is 5.26 Å². The number of rotatable bonds is 3. The fourth-order valence-corrected chi connectivity index (χ4v) is 2.12. The van der Waals surface area contributed by atoms with Crippen molar-refractivity contribution in [2.75, 3.05) is 0 Å². The molecule has 0 fully saturated rings. The fourth-order valence-electron chi connectivity index (χ4n) is 1.40. The van der Waals surface area contributed by atoms with Gasteiger partial charge in [0.05, 0.1) is 11.6 Å². The largest absolute Gasteiger partial charge is 0.231 e. The minimum absolute atomic E-state index is 0.329. The molecule has 0 amide bonds. The van der Waals surface area contributed by atoms with E-state index >= 15 is 0 Å². The minimum atomic E-state index is -0.394. The van der Waals surface area contributed by atoms with Crippen LogP contribution in [0.5, 0.6) is 0 Å². The van der Waals surface area contributed by atoms with Gasteiger partial charge in [0.1, 0.15) is 5.82 Å².